The van der Waals surface area contributed by atoms with Crippen molar-refractivity contribution in [2.75, 3.05) is 6.61 Å². The molecule has 0 amide bonds. The summed E-state index contributed by atoms with van der Waals surface area (Å²) in [6.07, 6.45) is 4.12. The maximum absolute atomic E-state index is 9.55. The summed E-state index contributed by atoms with van der Waals surface area (Å²) in [5.74, 6) is 0. The van der Waals surface area contributed by atoms with Crippen molar-refractivity contribution in [2.45, 2.75) is 40.7 Å². The Kier molecular flexibility index (Phi) is 5.27. The van der Waals surface area contributed by atoms with Gasteiger partial charge in [-0.3, -0.25) is 0 Å². The summed E-state index contributed by atoms with van der Waals surface area (Å²) in [6.45, 7) is 10.4. The molecule has 2 rings (SSSR count). The molecule has 0 aliphatic carbocycles. The van der Waals surface area contributed by atoms with Crippen molar-refractivity contribution in [3.05, 3.63) is 46.5 Å². The van der Waals surface area contributed by atoms with Gasteiger partial charge in [0, 0.05) is 5.02 Å². The predicted molar refractivity (Wildman–Crippen MR) is 95.6 cm³/mol. The van der Waals surface area contributed by atoms with Crippen LogP contribution >= 0.6 is 11.6 Å². The summed E-state index contributed by atoms with van der Waals surface area (Å²) in [7, 11) is 0. The molecule has 0 bridgehead atoms. The smallest absolute Gasteiger partial charge is 0.114 e. The molecule has 23 heavy (non-hydrogen) atoms. The topological polar surface area (TPSA) is 50.9 Å². The van der Waals surface area contributed by atoms with Crippen LogP contribution in [-0.2, 0) is 0 Å². The van der Waals surface area contributed by atoms with Gasteiger partial charge in [-0.25, -0.2) is 0 Å². The van der Waals surface area contributed by atoms with Gasteiger partial charge in [0.25, 0.3) is 0 Å². The highest BCUT2D eigenvalue weighted by atomic mass is 35.5. The molecule has 0 fully saturated rings. The zero-order valence-electron chi connectivity index (χ0n) is 14.3. The molecule has 0 saturated carbocycles. The number of hydrogen-bond acceptors (Lipinski definition) is 3. The van der Waals surface area contributed by atoms with Crippen LogP contribution in [0, 0.1) is 5.41 Å². The van der Waals surface area contributed by atoms with E-state index in [1.54, 1.807) is 4.80 Å². The van der Waals surface area contributed by atoms with Gasteiger partial charge in [0.05, 0.1) is 12.6 Å². The van der Waals surface area contributed by atoms with E-state index in [0.29, 0.717) is 5.02 Å². The monoisotopic (exact) mass is 333 g/mol. The molecule has 4 nitrogen and oxygen atoms in total. The van der Waals surface area contributed by atoms with Crippen LogP contribution in [0.15, 0.2) is 41.5 Å². The van der Waals surface area contributed by atoms with Crippen LogP contribution in [0.3, 0.4) is 0 Å². The van der Waals surface area contributed by atoms with Crippen molar-refractivity contribution in [3.8, 4) is 0 Å². The summed E-state index contributed by atoms with van der Waals surface area (Å²) >= 11 is 5.99. The van der Waals surface area contributed by atoms with Crippen molar-refractivity contribution >= 4 is 22.6 Å². The Hall–Kier alpha value is -1.65. The number of nitrogens with zero attached hydrogens (tertiary/aromatic N) is 3. The predicted octanol–water partition coefficient (Wildman–Crippen LogP) is 4.56. The third-order valence-corrected chi connectivity index (χ3v) is 4.00. The third kappa shape index (κ3) is 4.43. The lowest BCUT2D eigenvalue weighted by Crippen LogP contribution is -2.13. The van der Waals surface area contributed by atoms with Gasteiger partial charge in [0.15, 0.2) is 0 Å². The normalized spacial score (nSPS) is 15.3. The molecule has 0 radical (unpaired) electrons. The van der Waals surface area contributed by atoms with E-state index in [1.807, 2.05) is 38.1 Å². The molecule has 1 heterocycles. The molecule has 1 aromatic carbocycles. The number of aliphatic hydroxyl groups excluding tert-OH is 1. The number of aliphatic hydroxyl groups is 1. The second-order valence-electron chi connectivity index (χ2n) is 6.88. The standard InChI is InChI=1S/C18H24ClN3O/c1-12(9-14(11-23)18(3,4)5)8-13(2)22-20-16-7-6-15(19)10-17(16)21-22/h6-10,13,23H,11H2,1-5H3/b12-8-,14-9+. The molecule has 1 unspecified atom stereocenters. The van der Waals surface area contributed by atoms with Gasteiger partial charge in [-0.2, -0.15) is 15.0 Å². The van der Waals surface area contributed by atoms with Crippen molar-refractivity contribution in [3.63, 3.8) is 0 Å². The molecule has 0 aliphatic heterocycles. The maximum atomic E-state index is 9.55. The summed E-state index contributed by atoms with van der Waals surface area (Å²) in [5.41, 5.74) is 3.65. The Morgan fingerprint density at radius 2 is 1.96 bits per heavy atom. The van der Waals surface area contributed by atoms with E-state index in [4.69, 9.17) is 11.6 Å². The fourth-order valence-electron chi connectivity index (χ4n) is 2.36. The van der Waals surface area contributed by atoms with Crippen molar-refractivity contribution in [2.24, 2.45) is 5.41 Å². The molecule has 0 aliphatic rings. The Morgan fingerprint density at radius 3 is 2.57 bits per heavy atom. The highest BCUT2D eigenvalue weighted by Crippen LogP contribution is 2.26. The van der Waals surface area contributed by atoms with Crippen LogP contribution in [0.1, 0.15) is 40.7 Å². The lowest BCUT2D eigenvalue weighted by atomic mass is 9.85. The number of allylic oxidation sites excluding steroid dienone is 3. The van der Waals surface area contributed by atoms with E-state index in [2.05, 4.69) is 37.0 Å². The number of rotatable bonds is 4. The average Bonchev–Trinajstić information content (AvgIpc) is 2.86. The first-order valence-electron chi connectivity index (χ1n) is 7.73. The van der Waals surface area contributed by atoms with Crippen LogP contribution in [0.5, 0.6) is 0 Å². The molecule has 1 aromatic heterocycles. The Labute approximate surface area is 142 Å². The fraction of sp³-hybridized carbons (Fsp3) is 0.444. The van der Waals surface area contributed by atoms with E-state index in [9.17, 15) is 5.11 Å². The van der Waals surface area contributed by atoms with Crippen LogP contribution in [0.2, 0.25) is 5.02 Å². The van der Waals surface area contributed by atoms with Crippen LogP contribution in [0.25, 0.3) is 11.0 Å². The number of hydrogen-bond donors (Lipinski definition) is 1. The molecular weight excluding hydrogens is 310 g/mol. The molecule has 1 atom stereocenters. The van der Waals surface area contributed by atoms with Gasteiger partial charge in [0.2, 0.25) is 0 Å². The highest BCUT2D eigenvalue weighted by Gasteiger charge is 2.16. The lowest BCUT2D eigenvalue weighted by molar-refractivity contribution is 0.295. The molecule has 5 heteroatoms. The number of halogens is 1. The highest BCUT2D eigenvalue weighted by molar-refractivity contribution is 6.31. The first-order chi connectivity index (χ1) is 10.7. The largest absolute Gasteiger partial charge is 0.392 e. The molecule has 0 spiro atoms. The lowest BCUT2D eigenvalue weighted by Gasteiger charge is -2.21. The van der Waals surface area contributed by atoms with Gasteiger partial charge in [-0.1, -0.05) is 50.1 Å². The van der Waals surface area contributed by atoms with Crippen LogP contribution < -0.4 is 0 Å². The third-order valence-electron chi connectivity index (χ3n) is 3.76. The fourth-order valence-corrected chi connectivity index (χ4v) is 2.52. The zero-order valence-corrected chi connectivity index (χ0v) is 15.1. The molecular formula is C18H24ClN3O. The van der Waals surface area contributed by atoms with Gasteiger partial charge < -0.3 is 5.11 Å². The van der Waals surface area contributed by atoms with E-state index in [0.717, 1.165) is 22.2 Å². The van der Waals surface area contributed by atoms with Crippen LogP contribution in [-0.4, -0.2) is 26.7 Å². The minimum atomic E-state index is -0.0531. The molecule has 1 N–H and O–H groups in total. The quantitative estimate of drug-likeness (QED) is 0.835. The van der Waals surface area contributed by atoms with Crippen molar-refractivity contribution in [1.82, 2.24) is 15.0 Å². The van der Waals surface area contributed by atoms with E-state index in [-0.39, 0.29) is 18.1 Å². The molecule has 124 valence electrons. The SMILES string of the molecule is CC(=C/C(C)n1nc2ccc(Cl)cc2n1)/C=C(\CO)C(C)(C)C. The van der Waals surface area contributed by atoms with Gasteiger partial charge in [0.1, 0.15) is 11.0 Å². The Morgan fingerprint density at radius 1 is 1.30 bits per heavy atom. The second kappa shape index (κ2) is 6.85. The van der Waals surface area contributed by atoms with E-state index < -0.39 is 0 Å². The number of aromatic nitrogens is 3. The first-order valence-corrected chi connectivity index (χ1v) is 8.11. The molecule has 2 aromatic rings. The van der Waals surface area contributed by atoms with Gasteiger partial charge in [-0.15, -0.1) is 0 Å². The Balaban J connectivity index is 2.27. The first kappa shape index (κ1) is 17.7. The van der Waals surface area contributed by atoms with Gasteiger partial charge in [-0.05, 0) is 43.0 Å². The van der Waals surface area contributed by atoms with Crippen molar-refractivity contribution in [1.29, 1.82) is 0 Å². The molecule has 0 saturated heterocycles. The average molecular weight is 334 g/mol. The minimum absolute atomic E-state index is 0.0114. The van der Waals surface area contributed by atoms with Crippen LogP contribution in [0.4, 0.5) is 0 Å². The summed E-state index contributed by atoms with van der Waals surface area (Å²) in [5, 5.41) is 19.2. The van der Waals surface area contributed by atoms with E-state index >= 15 is 0 Å². The number of fused-ring (bicyclic) bond motifs is 1. The Bertz CT molecular complexity index is 753. The summed E-state index contributed by atoms with van der Waals surface area (Å²) in [6, 6.07) is 5.51. The maximum Gasteiger partial charge on any atom is 0.114 e. The summed E-state index contributed by atoms with van der Waals surface area (Å²) < 4.78 is 0. The zero-order chi connectivity index (χ0) is 17.2. The minimum Gasteiger partial charge on any atom is -0.392 e. The van der Waals surface area contributed by atoms with Gasteiger partial charge >= 0.3 is 0 Å². The summed E-state index contributed by atoms with van der Waals surface area (Å²) in [4.78, 5) is 1.69. The van der Waals surface area contributed by atoms with Crippen molar-refractivity contribution < 1.29 is 5.11 Å². The number of benzene rings is 1. The van der Waals surface area contributed by atoms with E-state index in [1.165, 1.54) is 0 Å². The second-order valence-corrected chi connectivity index (χ2v) is 7.32.